The zero-order valence-electron chi connectivity index (χ0n) is 6.79. The molecule has 0 N–H and O–H groups in total. The van der Waals surface area contributed by atoms with Crippen molar-refractivity contribution in [2.75, 3.05) is 0 Å². The number of para-hydroxylation sites is 1. The molecule has 61 valence electrons. The van der Waals surface area contributed by atoms with Gasteiger partial charge in [-0.25, -0.2) is 0 Å². The molecule has 0 bridgehead atoms. The van der Waals surface area contributed by atoms with Gasteiger partial charge in [-0.15, -0.1) is 0 Å². The van der Waals surface area contributed by atoms with E-state index in [0.29, 0.717) is 30.6 Å². The molecule has 0 atom stereocenters. The normalized spacial score (nSPS) is 8.00. The summed E-state index contributed by atoms with van der Waals surface area (Å²) in [4.78, 5) is 10.4. The molecule has 12 heavy (non-hydrogen) atoms. The van der Waals surface area contributed by atoms with E-state index in [0.717, 1.165) is 0 Å². The summed E-state index contributed by atoms with van der Waals surface area (Å²) in [7, 11) is 4.83. The van der Waals surface area contributed by atoms with Gasteiger partial charge in [-0.2, -0.15) is 0 Å². The molecule has 0 spiro atoms. The zero-order chi connectivity index (χ0) is 9.40. The predicted octanol–water partition coefficient (Wildman–Crippen LogP) is 2.30. The monoisotopic (exact) mass is 373 g/mol. The number of benzene rings is 1. The first-order chi connectivity index (χ1) is 5.79. The first kappa shape index (κ1) is 11.9. The molecule has 0 aliphatic rings. The van der Waals surface area contributed by atoms with E-state index in [-0.39, 0.29) is 5.97 Å². The van der Waals surface area contributed by atoms with Crippen molar-refractivity contribution in [2.24, 2.45) is 0 Å². The van der Waals surface area contributed by atoms with Crippen LogP contribution in [0.5, 0.6) is 5.75 Å². The van der Waals surface area contributed by atoms with E-state index in [1.54, 1.807) is 12.1 Å². The van der Waals surface area contributed by atoms with Gasteiger partial charge in [-0.1, -0.05) is 18.2 Å². The van der Waals surface area contributed by atoms with E-state index in [2.05, 4.69) is 0 Å². The van der Waals surface area contributed by atoms with E-state index >= 15 is 0 Å². The summed E-state index contributed by atoms with van der Waals surface area (Å²) in [6.07, 6.45) is 0. The van der Waals surface area contributed by atoms with Gasteiger partial charge in [0.05, 0.1) is 0 Å². The van der Waals surface area contributed by atoms with E-state index in [1.165, 1.54) is 6.92 Å². The standard InChI is InChI=1S/C8H8O2.ClH.Hg/c1-7(9)10-8-5-3-2-4-6-8;;/h2-6H,1H3;1H;/q;;+1/p-1. The Hall–Kier alpha value is -0.0849. The number of carbonyl (C=O) groups excluding carboxylic acids is 1. The van der Waals surface area contributed by atoms with E-state index < -0.39 is 0 Å². The summed E-state index contributed by atoms with van der Waals surface area (Å²) in [6, 6.07) is 8.98. The van der Waals surface area contributed by atoms with Gasteiger partial charge in [0.1, 0.15) is 5.75 Å². The number of carbonyl (C=O) groups is 1. The van der Waals surface area contributed by atoms with Crippen LogP contribution in [0.1, 0.15) is 6.92 Å². The molecule has 0 aromatic heterocycles. The molecule has 0 aliphatic carbocycles. The average molecular weight is 372 g/mol. The first-order valence-corrected chi connectivity index (χ1v) is 10.1. The van der Waals surface area contributed by atoms with Gasteiger partial charge in [0.15, 0.2) is 0 Å². The minimum absolute atomic E-state index is 0.286. The van der Waals surface area contributed by atoms with Crippen molar-refractivity contribution in [2.45, 2.75) is 6.92 Å². The Morgan fingerprint density at radius 1 is 1.33 bits per heavy atom. The molecule has 0 heterocycles. The third-order valence-corrected chi connectivity index (χ3v) is 1.00. The maximum absolute atomic E-state index is 10.4. The quantitative estimate of drug-likeness (QED) is 0.430. The van der Waals surface area contributed by atoms with Gasteiger partial charge in [0, 0.05) is 6.92 Å². The Bertz CT molecular complexity index is 226. The van der Waals surface area contributed by atoms with Crippen molar-refractivity contribution in [1.82, 2.24) is 0 Å². The topological polar surface area (TPSA) is 26.3 Å². The Morgan fingerprint density at radius 3 is 2.25 bits per heavy atom. The van der Waals surface area contributed by atoms with E-state index in [1.807, 2.05) is 18.2 Å². The van der Waals surface area contributed by atoms with Gasteiger partial charge in [0.25, 0.3) is 0 Å². The van der Waals surface area contributed by atoms with Crippen molar-refractivity contribution in [1.29, 1.82) is 0 Å². The summed E-state index contributed by atoms with van der Waals surface area (Å²) in [5, 5.41) is 0. The number of esters is 1. The molecular weight excluding hydrogens is 364 g/mol. The molecule has 0 saturated heterocycles. The fourth-order valence-electron chi connectivity index (χ4n) is 0.655. The number of hydrogen-bond donors (Lipinski definition) is 0. The second kappa shape index (κ2) is 7.56. The summed E-state index contributed by atoms with van der Waals surface area (Å²) < 4.78 is 4.78. The first-order valence-electron chi connectivity index (χ1n) is 3.29. The van der Waals surface area contributed by atoms with Crippen LogP contribution in [0.25, 0.3) is 0 Å². The molecule has 0 unspecified atom stereocenters. The summed E-state index contributed by atoms with van der Waals surface area (Å²) in [5.74, 6) is 0.307. The van der Waals surface area contributed by atoms with Crippen molar-refractivity contribution < 1.29 is 34.4 Å². The van der Waals surface area contributed by atoms with Crippen LogP contribution in [0.4, 0.5) is 0 Å². The fourth-order valence-corrected chi connectivity index (χ4v) is 0.655. The summed E-state index contributed by atoms with van der Waals surface area (Å²) >= 11 is 0.500. The second-order valence-electron chi connectivity index (χ2n) is 1.91. The molecule has 2 nitrogen and oxygen atoms in total. The van der Waals surface area contributed by atoms with Crippen LogP contribution in [0.3, 0.4) is 0 Å². The van der Waals surface area contributed by atoms with Gasteiger partial charge in [-0.3, -0.25) is 4.79 Å². The molecule has 1 aromatic rings. The number of rotatable bonds is 1. The molecule has 4 heteroatoms. The van der Waals surface area contributed by atoms with E-state index in [9.17, 15) is 4.79 Å². The molecule has 0 aliphatic heterocycles. The Morgan fingerprint density at radius 2 is 1.83 bits per heavy atom. The van der Waals surface area contributed by atoms with Gasteiger partial charge in [0.2, 0.25) is 0 Å². The number of ether oxygens (including phenoxy) is 1. The van der Waals surface area contributed by atoms with Crippen molar-refractivity contribution in [3.05, 3.63) is 30.3 Å². The van der Waals surface area contributed by atoms with Crippen molar-refractivity contribution in [3.8, 4) is 5.75 Å². The Balaban J connectivity index is 0.000000561. The number of halogens is 1. The fraction of sp³-hybridized carbons (Fsp3) is 0.125. The van der Waals surface area contributed by atoms with Crippen molar-refractivity contribution >= 4 is 14.2 Å². The van der Waals surface area contributed by atoms with Crippen LogP contribution in [0.2, 0.25) is 0 Å². The SMILES string of the molecule is CC(=O)Oc1ccccc1.[Cl][Hg]. The molecule has 0 amide bonds. The molecule has 1 rings (SSSR count). The molecule has 1 aromatic carbocycles. The van der Waals surface area contributed by atoms with Gasteiger partial charge in [-0.05, 0) is 12.1 Å². The molecular formula is C8H8ClHgO2. The average Bonchev–Trinajstić information content (AvgIpc) is 2.08. The van der Waals surface area contributed by atoms with Crippen LogP contribution < -0.4 is 4.74 Å². The molecule has 0 saturated carbocycles. The Labute approximate surface area is 91.3 Å². The van der Waals surface area contributed by atoms with Crippen LogP contribution in [-0.4, -0.2) is 5.97 Å². The summed E-state index contributed by atoms with van der Waals surface area (Å²) in [5.41, 5.74) is 0. The van der Waals surface area contributed by atoms with Crippen LogP contribution in [0.15, 0.2) is 30.3 Å². The zero-order valence-corrected chi connectivity index (χ0v) is 13.0. The molecule has 0 radical (unpaired) electrons. The number of hydrogen-bond acceptors (Lipinski definition) is 2. The second-order valence-corrected chi connectivity index (χ2v) is 1.91. The van der Waals surface area contributed by atoms with Crippen molar-refractivity contribution in [3.63, 3.8) is 0 Å². The van der Waals surface area contributed by atoms with Crippen LogP contribution in [-0.2, 0) is 29.7 Å². The third kappa shape index (κ3) is 5.55. The third-order valence-electron chi connectivity index (χ3n) is 1.00. The maximum atomic E-state index is 10.4. The summed E-state index contributed by atoms with van der Waals surface area (Å²) in [6.45, 7) is 1.38. The van der Waals surface area contributed by atoms with Gasteiger partial charge < -0.3 is 4.74 Å². The Kier molecular flexibility index (Phi) is 7.50. The van der Waals surface area contributed by atoms with Crippen LogP contribution in [0, 0.1) is 0 Å². The minimum atomic E-state index is -0.286. The van der Waals surface area contributed by atoms with Crippen LogP contribution >= 0.6 is 8.25 Å². The predicted molar refractivity (Wildman–Crippen MR) is 43.6 cm³/mol. The molecule has 0 fully saturated rings. The van der Waals surface area contributed by atoms with E-state index in [4.69, 9.17) is 13.0 Å². The van der Waals surface area contributed by atoms with Gasteiger partial charge >= 0.3 is 39.1 Å².